The van der Waals surface area contributed by atoms with Gasteiger partial charge in [0.15, 0.2) is 0 Å². The van der Waals surface area contributed by atoms with Crippen LogP contribution in [0.3, 0.4) is 0 Å². The van der Waals surface area contributed by atoms with Gasteiger partial charge >= 0.3 is 0 Å². The number of nitrogens with one attached hydrogen (secondary N) is 1. The summed E-state index contributed by atoms with van der Waals surface area (Å²) in [6.07, 6.45) is 2.70. The van der Waals surface area contributed by atoms with Crippen molar-refractivity contribution in [3.8, 4) is 5.75 Å². The predicted octanol–water partition coefficient (Wildman–Crippen LogP) is 3.55. The fraction of sp³-hybridized carbons (Fsp3) is 0.130. The van der Waals surface area contributed by atoms with Crippen LogP contribution in [-0.4, -0.2) is 33.1 Å². The van der Waals surface area contributed by atoms with Crippen molar-refractivity contribution in [1.82, 2.24) is 5.32 Å². The molecule has 10 heteroatoms. The molecule has 1 unspecified atom stereocenters. The van der Waals surface area contributed by atoms with E-state index in [1.54, 1.807) is 6.07 Å². The molecule has 4 rings (SSSR count). The molecule has 0 bridgehead atoms. The minimum absolute atomic E-state index is 0.120. The van der Waals surface area contributed by atoms with Crippen LogP contribution in [0.25, 0.3) is 12.2 Å². The van der Waals surface area contributed by atoms with Crippen LogP contribution < -0.4 is 10.1 Å². The Balaban J connectivity index is 1.77. The number of benzene rings is 3. The highest BCUT2D eigenvalue weighted by atomic mass is 32.2. The molecule has 3 aromatic rings. The number of ether oxygens (including phenoxy) is 1. The topological polar surface area (TPSA) is 130 Å². The molecule has 33 heavy (non-hydrogen) atoms. The molecule has 1 atom stereocenters. The van der Waals surface area contributed by atoms with Crippen molar-refractivity contribution in [2.75, 3.05) is 7.11 Å². The quantitative estimate of drug-likeness (QED) is 0.356. The molecule has 0 amide bonds. The lowest BCUT2D eigenvalue weighted by atomic mass is 9.97. The van der Waals surface area contributed by atoms with Gasteiger partial charge in [0.1, 0.15) is 15.5 Å². The first-order valence-electron chi connectivity index (χ1n) is 9.84. The number of hydrogen-bond donors (Lipinski definition) is 3. The van der Waals surface area contributed by atoms with E-state index in [1.807, 2.05) is 24.3 Å². The van der Waals surface area contributed by atoms with E-state index in [-0.39, 0.29) is 27.8 Å². The Kier molecular flexibility index (Phi) is 6.12. The zero-order valence-corrected chi connectivity index (χ0v) is 19.1. The van der Waals surface area contributed by atoms with E-state index in [1.165, 1.54) is 43.5 Å². The van der Waals surface area contributed by atoms with E-state index in [0.717, 1.165) is 17.2 Å². The van der Waals surface area contributed by atoms with Crippen LogP contribution in [0.15, 0.2) is 70.5 Å². The number of methoxy groups -OCH3 is 1. The second kappa shape index (κ2) is 8.73. The first kappa shape index (κ1) is 23.1. The van der Waals surface area contributed by atoms with E-state index in [2.05, 4.69) is 5.32 Å². The SMILES string of the molecule is COc1ccc(C=Cc2ccc(C3NCc4ccccc43)cc2S(=O)(=O)O)c(S(=O)(=O)O)c1. The van der Waals surface area contributed by atoms with Gasteiger partial charge in [0.05, 0.1) is 13.2 Å². The number of rotatable bonds is 6. The molecule has 8 nitrogen and oxygen atoms in total. The Bertz CT molecular complexity index is 1460. The molecule has 0 saturated heterocycles. The second-order valence-electron chi connectivity index (χ2n) is 7.50. The normalized spacial score (nSPS) is 16.2. The van der Waals surface area contributed by atoms with Gasteiger partial charge in [-0.2, -0.15) is 16.8 Å². The van der Waals surface area contributed by atoms with Gasteiger partial charge < -0.3 is 10.1 Å². The molecule has 0 aromatic heterocycles. The van der Waals surface area contributed by atoms with Gasteiger partial charge in [0, 0.05) is 12.6 Å². The third kappa shape index (κ3) is 4.85. The molecule has 0 radical (unpaired) electrons. The van der Waals surface area contributed by atoms with E-state index < -0.39 is 25.1 Å². The van der Waals surface area contributed by atoms with Crippen molar-refractivity contribution in [2.24, 2.45) is 0 Å². The van der Waals surface area contributed by atoms with Crippen LogP contribution in [0.5, 0.6) is 5.75 Å². The van der Waals surface area contributed by atoms with Gasteiger partial charge in [-0.3, -0.25) is 9.11 Å². The monoisotopic (exact) mass is 487 g/mol. The molecule has 0 spiro atoms. The zero-order valence-electron chi connectivity index (χ0n) is 17.5. The minimum Gasteiger partial charge on any atom is -0.497 e. The molecule has 0 saturated carbocycles. The van der Waals surface area contributed by atoms with Gasteiger partial charge in [-0.05, 0) is 46.0 Å². The van der Waals surface area contributed by atoms with Crippen molar-refractivity contribution in [3.63, 3.8) is 0 Å². The Morgan fingerprint density at radius 1 is 0.879 bits per heavy atom. The van der Waals surface area contributed by atoms with Gasteiger partial charge in [-0.15, -0.1) is 0 Å². The molecule has 0 fully saturated rings. The van der Waals surface area contributed by atoms with E-state index in [9.17, 15) is 25.9 Å². The summed E-state index contributed by atoms with van der Waals surface area (Å²) in [6, 6.07) is 16.3. The number of hydrogen-bond acceptors (Lipinski definition) is 6. The van der Waals surface area contributed by atoms with Crippen LogP contribution in [-0.2, 0) is 26.8 Å². The van der Waals surface area contributed by atoms with E-state index >= 15 is 0 Å². The maximum Gasteiger partial charge on any atom is 0.295 e. The van der Waals surface area contributed by atoms with Crippen LogP contribution in [0.1, 0.15) is 33.9 Å². The maximum atomic E-state index is 12.1. The Morgan fingerprint density at radius 2 is 1.48 bits per heavy atom. The lowest BCUT2D eigenvalue weighted by Gasteiger charge is -2.15. The molecule has 3 N–H and O–H groups in total. The van der Waals surface area contributed by atoms with Crippen molar-refractivity contribution < 1.29 is 30.7 Å². The van der Waals surface area contributed by atoms with Gasteiger partial charge in [-0.1, -0.05) is 48.6 Å². The highest BCUT2D eigenvalue weighted by molar-refractivity contribution is 7.86. The predicted molar refractivity (Wildman–Crippen MR) is 123 cm³/mol. The molecule has 0 aliphatic carbocycles. The molecule has 1 aliphatic rings. The first-order chi connectivity index (χ1) is 15.6. The van der Waals surface area contributed by atoms with Crippen LogP contribution in [0.4, 0.5) is 0 Å². The van der Waals surface area contributed by atoms with Crippen LogP contribution in [0, 0.1) is 0 Å². The number of fused-ring (bicyclic) bond motifs is 1. The third-order valence-electron chi connectivity index (χ3n) is 5.45. The molecule has 1 heterocycles. The fourth-order valence-corrected chi connectivity index (χ4v) is 5.29. The van der Waals surface area contributed by atoms with Gasteiger partial charge in [-0.25, -0.2) is 0 Å². The largest absolute Gasteiger partial charge is 0.497 e. The zero-order chi connectivity index (χ0) is 23.8. The van der Waals surface area contributed by atoms with E-state index in [0.29, 0.717) is 12.1 Å². The molecular weight excluding hydrogens is 466 g/mol. The van der Waals surface area contributed by atoms with Gasteiger partial charge in [0.25, 0.3) is 20.2 Å². The summed E-state index contributed by atoms with van der Waals surface area (Å²) in [6.45, 7) is 0.638. The van der Waals surface area contributed by atoms with Gasteiger partial charge in [0.2, 0.25) is 0 Å². The first-order valence-corrected chi connectivity index (χ1v) is 12.7. The van der Waals surface area contributed by atoms with E-state index in [4.69, 9.17) is 4.74 Å². The minimum atomic E-state index is -4.58. The second-order valence-corrected chi connectivity index (χ2v) is 10.3. The highest BCUT2D eigenvalue weighted by Gasteiger charge is 2.25. The highest BCUT2D eigenvalue weighted by Crippen LogP contribution is 2.33. The average Bonchev–Trinajstić information content (AvgIpc) is 3.20. The molecule has 1 aliphatic heterocycles. The molecular formula is C23H21NO7S2. The fourth-order valence-electron chi connectivity index (χ4n) is 3.87. The summed E-state index contributed by atoms with van der Waals surface area (Å²) in [5, 5.41) is 3.33. The molecule has 3 aromatic carbocycles. The van der Waals surface area contributed by atoms with Crippen molar-refractivity contribution >= 4 is 32.4 Å². The lowest BCUT2D eigenvalue weighted by molar-refractivity contribution is 0.412. The van der Waals surface area contributed by atoms with Crippen molar-refractivity contribution in [2.45, 2.75) is 22.4 Å². The van der Waals surface area contributed by atoms with Crippen molar-refractivity contribution in [3.05, 3.63) is 88.5 Å². The van der Waals surface area contributed by atoms with Crippen LogP contribution in [0.2, 0.25) is 0 Å². The summed E-state index contributed by atoms with van der Waals surface area (Å²) < 4.78 is 72.2. The molecule has 172 valence electrons. The Hall–Kier alpha value is -3.02. The standard InChI is InChI=1S/C23H21NO7S2/c1-31-19-11-10-16(22(13-19)33(28,29)30)7-6-15-8-9-17(12-21(15)32(25,26)27)23-20-5-3-2-4-18(20)14-24-23/h2-13,23-24H,14H2,1H3,(H,25,26,27)(H,28,29,30). The summed E-state index contributed by atoms with van der Waals surface area (Å²) in [5.74, 6) is 0.229. The smallest absolute Gasteiger partial charge is 0.295 e. The Morgan fingerprint density at radius 3 is 2.12 bits per heavy atom. The lowest BCUT2D eigenvalue weighted by Crippen LogP contribution is -2.14. The summed E-state index contributed by atoms with van der Waals surface area (Å²) in [7, 11) is -7.79. The van der Waals surface area contributed by atoms with Crippen LogP contribution >= 0.6 is 0 Å². The third-order valence-corrected chi connectivity index (χ3v) is 7.27. The Labute approximate surface area is 192 Å². The summed E-state index contributed by atoms with van der Waals surface area (Å²) in [5.41, 5.74) is 3.07. The van der Waals surface area contributed by atoms with Crippen molar-refractivity contribution in [1.29, 1.82) is 0 Å². The summed E-state index contributed by atoms with van der Waals surface area (Å²) in [4.78, 5) is -0.709. The average molecular weight is 488 g/mol. The summed E-state index contributed by atoms with van der Waals surface area (Å²) >= 11 is 0. The maximum absolute atomic E-state index is 12.1.